The summed E-state index contributed by atoms with van der Waals surface area (Å²) in [6.07, 6.45) is 2.26. The number of carbonyl (C=O) groups excluding carboxylic acids is 1. The number of hydrogen-bond acceptors (Lipinski definition) is 4. The van der Waals surface area contributed by atoms with Crippen molar-refractivity contribution in [1.82, 2.24) is 14.7 Å². The highest BCUT2D eigenvalue weighted by Gasteiger charge is 2.42. The van der Waals surface area contributed by atoms with Gasteiger partial charge >= 0.3 is 0 Å². The van der Waals surface area contributed by atoms with E-state index < -0.39 is 0 Å². The Morgan fingerprint density at radius 2 is 2.04 bits per heavy atom. The summed E-state index contributed by atoms with van der Waals surface area (Å²) in [4.78, 5) is 16.9. The average molecular weight is 366 g/mol. The molecule has 5 rings (SSSR count). The molecule has 3 heterocycles. The molecule has 0 spiro atoms. The topological polar surface area (TPSA) is 64.2 Å². The van der Waals surface area contributed by atoms with Crippen LogP contribution in [0.3, 0.4) is 0 Å². The van der Waals surface area contributed by atoms with Crippen LogP contribution in [0.2, 0.25) is 0 Å². The van der Waals surface area contributed by atoms with Crippen molar-refractivity contribution in [3.63, 3.8) is 0 Å². The predicted molar refractivity (Wildman–Crippen MR) is 104 cm³/mol. The van der Waals surface area contributed by atoms with E-state index >= 15 is 0 Å². The van der Waals surface area contributed by atoms with E-state index in [9.17, 15) is 4.79 Å². The highest BCUT2D eigenvalue weighted by molar-refractivity contribution is 7.20. The van der Waals surface area contributed by atoms with E-state index in [0.717, 1.165) is 52.4 Å². The summed E-state index contributed by atoms with van der Waals surface area (Å²) in [6.45, 7) is 3.67. The fourth-order valence-corrected chi connectivity index (χ4v) is 5.68. The number of carbonyl (C=O) groups is 1. The van der Waals surface area contributed by atoms with Crippen molar-refractivity contribution in [2.24, 2.45) is 17.6 Å². The Morgan fingerprint density at radius 1 is 1.23 bits per heavy atom. The van der Waals surface area contributed by atoms with E-state index in [1.54, 1.807) is 11.3 Å². The first-order chi connectivity index (χ1) is 12.6. The van der Waals surface area contributed by atoms with Gasteiger partial charge in [-0.05, 0) is 49.8 Å². The summed E-state index contributed by atoms with van der Waals surface area (Å²) < 4.78 is 1.95. The first-order valence-electron chi connectivity index (χ1n) is 9.21. The molecule has 2 aromatic heterocycles. The van der Waals surface area contributed by atoms with Crippen LogP contribution in [-0.4, -0.2) is 39.7 Å². The number of nitrogens with zero attached hydrogens (tertiary/aromatic N) is 3. The molecule has 1 aliphatic heterocycles. The Kier molecular flexibility index (Phi) is 3.65. The molecule has 1 aromatic carbocycles. The van der Waals surface area contributed by atoms with Crippen LogP contribution in [0.5, 0.6) is 0 Å². The van der Waals surface area contributed by atoms with Crippen LogP contribution in [0.1, 0.15) is 28.2 Å². The van der Waals surface area contributed by atoms with E-state index in [0.29, 0.717) is 11.8 Å². The molecule has 26 heavy (non-hydrogen) atoms. The van der Waals surface area contributed by atoms with Gasteiger partial charge in [-0.25, -0.2) is 4.68 Å². The van der Waals surface area contributed by atoms with Crippen molar-refractivity contribution in [2.75, 3.05) is 13.1 Å². The highest BCUT2D eigenvalue weighted by Crippen LogP contribution is 2.39. The van der Waals surface area contributed by atoms with Gasteiger partial charge in [0.25, 0.3) is 5.91 Å². The number of fused-ring (bicyclic) bond motifs is 2. The minimum absolute atomic E-state index is 0.145. The molecule has 1 saturated heterocycles. The zero-order valence-electron chi connectivity index (χ0n) is 14.8. The van der Waals surface area contributed by atoms with Crippen molar-refractivity contribution in [3.05, 3.63) is 47.0 Å². The third-order valence-corrected chi connectivity index (χ3v) is 7.05. The maximum absolute atomic E-state index is 13.1. The van der Waals surface area contributed by atoms with Gasteiger partial charge in [0.1, 0.15) is 4.83 Å². The predicted octanol–water partition coefficient (Wildman–Crippen LogP) is 3.20. The van der Waals surface area contributed by atoms with Crippen LogP contribution in [0, 0.1) is 18.8 Å². The van der Waals surface area contributed by atoms with E-state index in [1.165, 1.54) is 0 Å². The number of amides is 1. The second-order valence-corrected chi connectivity index (χ2v) is 8.57. The minimum Gasteiger partial charge on any atom is -0.337 e. The third kappa shape index (κ3) is 2.40. The van der Waals surface area contributed by atoms with E-state index in [-0.39, 0.29) is 11.9 Å². The number of aryl methyl sites for hydroxylation is 1. The van der Waals surface area contributed by atoms with Crippen LogP contribution in [0.25, 0.3) is 15.9 Å². The molecule has 1 amide bonds. The van der Waals surface area contributed by atoms with Gasteiger partial charge in [0, 0.05) is 24.5 Å². The molecule has 2 fully saturated rings. The quantitative estimate of drug-likeness (QED) is 0.757. The van der Waals surface area contributed by atoms with Crippen LogP contribution in [0.15, 0.2) is 36.4 Å². The number of thiophene rings is 1. The van der Waals surface area contributed by atoms with Gasteiger partial charge in [0.05, 0.1) is 16.3 Å². The highest BCUT2D eigenvalue weighted by atomic mass is 32.1. The van der Waals surface area contributed by atoms with Crippen LogP contribution < -0.4 is 5.73 Å². The molecule has 2 aliphatic rings. The number of nitrogens with two attached hydrogens (primary N) is 1. The summed E-state index contributed by atoms with van der Waals surface area (Å²) in [5.74, 6) is 1.21. The Balaban J connectivity index is 1.48. The number of para-hydroxylation sites is 1. The monoisotopic (exact) mass is 366 g/mol. The molecule has 6 heteroatoms. The van der Waals surface area contributed by atoms with Gasteiger partial charge < -0.3 is 10.6 Å². The van der Waals surface area contributed by atoms with E-state index in [2.05, 4.69) is 5.10 Å². The zero-order chi connectivity index (χ0) is 17.8. The summed E-state index contributed by atoms with van der Waals surface area (Å²) in [5, 5.41) is 5.73. The largest absolute Gasteiger partial charge is 0.337 e. The maximum atomic E-state index is 13.1. The van der Waals surface area contributed by atoms with Crippen LogP contribution in [-0.2, 0) is 0 Å². The van der Waals surface area contributed by atoms with E-state index in [1.807, 2.05) is 52.9 Å². The van der Waals surface area contributed by atoms with Crippen molar-refractivity contribution in [1.29, 1.82) is 0 Å². The molecule has 0 radical (unpaired) electrons. The molecule has 3 atom stereocenters. The van der Waals surface area contributed by atoms with Gasteiger partial charge in [-0.1, -0.05) is 18.2 Å². The van der Waals surface area contributed by atoms with Gasteiger partial charge in [-0.2, -0.15) is 5.10 Å². The third-order valence-electron chi connectivity index (χ3n) is 5.96. The van der Waals surface area contributed by atoms with Gasteiger partial charge in [-0.3, -0.25) is 4.79 Å². The number of benzene rings is 1. The molecule has 1 aliphatic carbocycles. The van der Waals surface area contributed by atoms with Gasteiger partial charge in [-0.15, -0.1) is 11.3 Å². The first kappa shape index (κ1) is 16.0. The van der Waals surface area contributed by atoms with E-state index in [4.69, 9.17) is 5.73 Å². The molecular weight excluding hydrogens is 344 g/mol. The summed E-state index contributed by atoms with van der Waals surface area (Å²) in [7, 11) is 0. The molecule has 1 saturated carbocycles. The van der Waals surface area contributed by atoms with Crippen molar-refractivity contribution < 1.29 is 4.79 Å². The Labute approximate surface area is 156 Å². The van der Waals surface area contributed by atoms with Crippen molar-refractivity contribution >= 4 is 27.5 Å². The van der Waals surface area contributed by atoms with Crippen LogP contribution in [0.4, 0.5) is 0 Å². The fraction of sp³-hybridized carbons (Fsp3) is 0.400. The lowest BCUT2D eigenvalue weighted by Gasteiger charge is -2.17. The van der Waals surface area contributed by atoms with Gasteiger partial charge in [0.15, 0.2) is 0 Å². The lowest BCUT2D eigenvalue weighted by Crippen LogP contribution is -2.33. The lowest BCUT2D eigenvalue weighted by atomic mass is 9.98. The minimum atomic E-state index is 0.145. The lowest BCUT2D eigenvalue weighted by molar-refractivity contribution is 0.0784. The Bertz CT molecular complexity index is 977. The second kappa shape index (κ2) is 5.93. The molecule has 2 N–H and O–H groups in total. The molecule has 3 aromatic rings. The number of aromatic nitrogens is 2. The van der Waals surface area contributed by atoms with Crippen LogP contribution >= 0.6 is 11.3 Å². The normalized spacial score (nSPS) is 25.2. The molecule has 5 nitrogen and oxygen atoms in total. The fourth-order valence-electron chi connectivity index (χ4n) is 4.53. The maximum Gasteiger partial charge on any atom is 0.264 e. The molecule has 3 unspecified atom stereocenters. The van der Waals surface area contributed by atoms with Crippen molar-refractivity contribution in [3.8, 4) is 5.69 Å². The first-order valence-corrected chi connectivity index (χ1v) is 10.0. The molecule has 0 bridgehead atoms. The SMILES string of the molecule is Cc1nn(-c2ccccc2)c2sc(C(=O)N3CC4CCC(N)C4C3)cc12. The molecule has 134 valence electrons. The summed E-state index contributed by atoms with van der Waals surface area (Å²) in [6, 6.07) is 12.3. The standard InChI is InChI=1S/C20H22N4OS/c1-12-15-9-18(19(25)23-10-13-7-8-17(21)16(13)11-23)26-20(15)24(22-12)14-5-3-2-4-6-14/h2-6,9,13,16-17H,7-8,10-11,21H2,1H3. The Hall–Kier alpha value is -2.18. The van der Waals surface area contributed by atoms with Gasteiger partial charge in [0.2, 0.25) is 0 Å². The average Bonchev–Trinajstić information content (AvgIpc) is 3.39. The summed E-state index contributed by atoms with van der Waals surface area (Å²) in [5.41, 5.74) is 8.20. The number of likely N-dealkylation sites (tertiary alicyclic amines) is 1. The number of hydrogen-bond donors (Lipinski definition) is 1. The van der Waals surface area contributed by atoms with Crippen molar-refractivity contribution in [2.45, 2.75) is 25.8 Å². The Morgan fingerprint density at radius 3 is 2.81 bits per heavy atom. The zero-order valence-corrected chi connectivity index (χ0v) is 15.6. The summed E-state index contributed by atoms with van der Waals surface area (Å²) >= 11 is 1.54. The number of rotatable bonds is 2. The second-order valence-electron chi connectivity index (χ2n) is 7.54. The smallest absolute Gasteiger partial charge is 0.264 e. The molecular formula is C20H22N4OS.